The third-order valence-electron chi connectivity index (χ3n) is 3.74. The average molecular weight is 251 g/mol. The molecule has 2 rings (SSSR count). The van der Waals surface area contributed by atoms with Crippen LogP contribution in [0.3, 0.4) is 0 Å². The van der Waals surface area contributed by atoms with Gasteiger partial charge in [0.05, 0.1) is 12.1 Å². The summed E-state index contributed by atoms with van der Waals surface area (Å²) in [4.78, 5) is 0. The van der Waals surface area contributed by atoms with Gasteiger partial charge in [-0.25, -0.2) is 4.39 Å². The number of likely N-dealkylation sites (N-methyl/N-ethyl adjacent to an activating group) is 1. The predicted molar refractivity (Wildman–Crippen MR) is 71.1 cm³/mol. The van der Waals surface area contributed by atoms with Crippen LogP contribution in [0.15, 0.2) is 18.2 Å². The topological polar surface area (TPSA) is 21.3 Å². The molecule has 1 heterocycles. The first-order valence-electron chi connectivity index (χ1n) is 6.74. The highest BCUT2D eigenvalue weighted by Crippen LogP contribution is 2.31. The number of hydrogen-bond donors (Lipinski definition) is 1. The lowest BCUT2D eigenvalue weighted by molar-refractivity contribution is 0.0612. The summed E-state index contributed by atoms with van der Waals surface area (Å²) in [7, 11) is 0. The number of hydrogen-bond acceptors (Lipinski definition) is 2. The van der Waals surface area contributed by atoms with Crippen molar-refractivity contribution in [2.24, 2.45) is 5.92 Å². The van der Waals surface area contributed by atoms with E-state index in [1.807, 2.05) is 12.1 Å². The van der Waals surface area contributed by atoms with Crippen LogP contribution in [0.5, 0.6) is 0 Å². The van der Waals surface area contributed by atoms with E-state index in [4.69, 9.17) is 4.74 Å². The van der Waals surface area contributed by atoms with Crippen LogP contribution in [0.2, 0.25) is 0 Å². The summed E-state index contributed by atoms with van der Waals surface area (Å²) in [5, 5.41) is 3.47. The summed E-state index contributed by atoms with van der Waals surface area (Å²) in [5.74, 6) is 0.397. The molecular formula is C15H22FNO. The largest absolute Gasteiger partial charge is 0.376 e. The number of halogens is 1. The molecule has 1 N–H and O–H groups in total. The van der Waals surface area contributed by atoms with Gasteiger partial charge >= 0.3 is 0 Å². The SMILES string of the molecule is CCNC(c1ccc(F)c(C)c1)C1OCCC1C. The van der Waals surface area contributed by atoms with E-state index in [0.717, 1.165) is 25.1 Å². The maximum atomic E-state index is 13.4. The average Bonchev–Trinajstić information content (AvgIpc) is 2.76. The standard InChI is InChI=1S/C15H22FNO/c1-4-17-14(15-10(2)7-8-18-15)12-5-6-13(16)11(3)9-12/h5-6,9-10,14-15,17H,4,7-8H2,1-3H3. The highest BCUT2D eigenvalue weighted by Gasteiger charge is 2.32. The Kier molecular flexibility index (Phi) is 4.36. The summed E-state index contributed by atoms with van der Waals surface area (Å²) in [5.41, 5.74) is 1.82. The molecule has 1 aliphatic rings. The Labute approximate surface area is 109 Å². The molecule has 0 saturated carbocycles. The van der Waals surface area contributed by atoms with Crippen LogP contribution >= 0.6 is 0 Å². The van der Waals surface area contributed by atoms with Gasteiger partial charge < -0.3 is 10.1 Å². The Hall–Kier alpha value is -0.930. The number of nitrogens with one attached hydrogen (secondary N) is 1. The Morgan fingerprint density at radius 1 is 1.50 bits per heavy atom. The minimum Gasteiger partial charge on any atom is -0.376 e. The molecule has 1 fully saturated rings. The van der Waals surface area contributed by atoms with Crippen LogP contribution in [-0.2, 0) is 4.74 Å². The monoisotopic (exact) mass is 251 g/mol. The predicted octanol–water partition coefficient (Wildman–Crippen LogP) is 3.21. The smallest absolute Gasteiger partial charge is 0.126 e. The fourth-order valence-corrected chi connectivity index (χ4v) is 2.65. The van der Waals surface area contributed by atoms with E-state index in [2.05, 4.69) is 19.2 Å². The van der Waals surface area contributed by atoms with Crippen LogP contribution in [0, 0.1) is 18.7 Å². The van der Waals surface area contributed by atoms with Crippen molar-refractivity contribution in [3.05, 3.63) is 35.1 Å². The molecule has 0 bridgehead atoms. The molecule has 0 radical (unpaired) electrons. The van der Waals surface area contributed by atoms with E-state index in [0.29, 0.717) is 11.5 Å². The molecule has 0 amide bonds. The third kappa shape index (κ3) is 2.73. The highest BCUT2D eigenvalue weighted by atomic mass is 19.1. The van der Waals surface area contributed by atoms with E-state index < -0.39 is 0 Å². The van der Waals surface area contributed by atoms with Crippen molar-refractivity contribution in [2.45, 2.75) is 39.3 Å². The van der Waals surface area contributed by atoms with Crippen molar-refractivity contribution < 1.29 is 9.13 Å². The molecule has 0 aliphatic carbocycles. The summed E-state index contributed by atoms with van der Waals surface area (Å²) in [6.07, 6.45) is 1.29. The minimum atomic E-state index is -0.144. The fraction of sp³-hybridized carbons (Fsp3) is 0.600. The molecule has 1 aromatic carbocycles. The van der Waals surface area contributed by atoms with E-state index in [-0.39, 0.29) is 18.0 Å². The van der Waals surface area contributed by atoms with E-state index in [9.17, 15) is 4.39 Å². The molecular weight excluding hydrogens is 229 g/mol. The van der Waals surface area contributed by atoms with Crippen LogP contribution in [-0.4, -0.2) is 19.3 Å². The lowest BCUT2D eigenvalue weighted by Crippen LogP contribution is -2.34. The first kappa shape index (κ1) is 13.5. The van der Waals surface area contributed by atoms with Crippen molar-refractivity contribution in [1.29, 1.82) is 0 Å². The maximum absolute atomic E-state index is 13.4. The van der Waals surface area contributed by atoms with Crippen molar-refractivity contribution in [1.82, 2.24) is 5.32 Å². The number of aryl methyl sites for hydroxylation is 1. The van der Waals surface area contributed by atoms with Crippen LogP contribution in [0.1, 0.15) is 37.4 Å². The van der Waals surface area contributed by atoms with Crippen molar-refractivity contribution >= 4 is 0 Å². The zero-order valence-corrected chi connectivity index (χ0v) is 11.4. The van der Waals surface area contributed by atoms with Crippen molar-refractivity contribution in [3.63, 3.8) is 0 Å². The van der Waals surface area contributed by atoms with Gasteiger partial charge in [-0.3, -0.25) is 0 Å². The van der Waals surface area contributed by atoms with Gasteiger partial charge in [0.1, 0.15) is 5.82 Å². The Morgan fingerprint density at radius 2 is 2.28 bits per heavy atom. The molecule has 3 atom stereocenters. The van der Waals surface area contributed by atoms with Gasteiger partial charge in [-0.1, -0.05) is 26.0 Å². The number of ether oxygens (including phenoxy) is 1. The lowest BCUT2D eigenvalue weighted by atomic mass is 9.91. The quantitative estimate of drug-likeness (QED) is 0.887. The second-order valence-corrected chi connectivity index (χ2v) is 5.15. The lowest BCUT2D eigenvalue weighted by Gasteiger charge is -2.27. The molecule has 0 aromatic heterocycles. The van der Waals surface area contributed by atoms with Gasteiger partial charge in [-0.15, -0.1) is 0 Å². The number of rotatable bonds is 4. The Bertz CT molecular complexity index is 407. The van der Waals surface area contributed by atoms with Crippen LogP contribution in [0.25, 0.3) is 0 Å². The molecule has 1 aromatic rings. The molecule has 2 nitrogen and oxygen atoms in total. The second-order valence-electron chi connectivity index (χ2n) is 5.15. The van der Waals surface area contributed by atoms with Gasteiger partial charge in [-0.05, 0) is 43.0 Å². The molecule has 1 aliphatic heterocycles. The van der Waals surface area contributed by atoms with Gasteiger partial charge in [0, 0.05) is 6.61 Å². The van der Waals surface area contributed by atoms with Gasteiger partial charge in [0.2, 0.25) is 0 Å². The fourth-order valence-electron chi connectivity index (χ4n) is 2.65. The van der Waals surface area contributed by atoms with E-state index in [1.54, 1.807) is 13.0 Å². The zero-order valence-electron chi connectivity index (χ0n) is 11.4. The van der Waals surface area contributed by atoms with E-state index >= 15 is 0 Å². The zero-order chi connectivity index (χ0) is 13.1. The minimum absolute atomic E-state index is 0.144. The second kappa shape index (κ2) is 5.81. The molecule has 18 heavy (non-hydrogen) atoms. The first-order valence-corrected chi connectivity index (χ1v) is 6.74. The number of benzene rings is 1. The summed E-state index contributed by atoms with van der Waals surface area (Å²) >= 11 is 0. The summed E-state index contributed by atoms with van der Waals surface area (Å²) in [6.45, 7) is 7.82. The first-order chi connectivity index (χ1) is 8.63. The molecule has 1 saturated heterocycles. The van der Waals surface area contributed by atoms with Gasteiger partial charge in [-0.2, -0.15) is 0 Å². The summed E-state index contributed by atoms with van der Waals surface area (Å²) in [6, 6.07) is 5.50. The maximum Gasteiger partial charge on any atom is 0.126 e. The van der Waals surface area contributed by atoms with Crippen molar-refractivity contribution in [2.75, 3.05) is 13.2 Å². The van der Waals surface area contributed by atoms with Crippen molar-refractivity contribution in [3.8, 4) is 0 Å². The van der Waals surface area contributed by atoms with Crippen LogP contribution in [0.4, 0.5) is 4.39 Å². The summed E-state index contributed by atoms with van der Waals surface area (Å²) < 4.78 is 19.2. The molecule has 3 unspecified atom stereocenters. The third-order valence-corrected chi connectivity index (χ3v) is 3.74. The molecule has 0 spiro atoms. The Balaban J connectivity index is 2.25. The van der Waals surface area contributed by atoms with Gasteiger partial charge in [0.15, 0.2) is 0 Å². The normalized spacial score (nSPS) is 25.3. The van der Waals surface area contributed by atoms with Gasteiger partial charge in [0.25, 0.3) is 0 Å². The Morgan fingerprint density at radius 3 is 2.83 bits per heavy atom. The van der Waals surface area contributed by atoms with E-state index in [1.165, 1.54) is 0 Å². The van der Waals surface area contributed by atoms with Crippen LogP contribution < -0.4 is 5.32 Å². The molecule has 100 valence electrons. The molecule has 3 heteroatoms. The highest BCUT2D eigenvalue weighted by molar-refractivity contribution is 5.27.